The number of aromatic nitrogens is 2. The molecule has 0 unspecified atom stereocenters. The van der Waals surface area contributed by atoms with Crippen LogP contribution in [0.4, 0.5) is 0 Å². The Morgan fingerprint density at radius 3 is 1.03 bits per heavy atom. The van der Waals surface area contributed by atoms with Crippen LogP contribution in [0.25, 0.3) is 11.4 Å². The molecule has 2 aromatic heterocycles. The van der Waals surface area contributed by atoms with E-state index in [1.54, 1.807) is 0 Å². The highest BCUT2D eigenvalue weighted by Crippen LogP contribution is 2.62. The van der Waals surface area contributed by atoms with Gasteiger partial charge in [-0.1, -0.05) is 111 Å². The van der Waals surface area contributed by atoms with E-state index in [9.17, 15) is 0 Å². The molecule has 2 aromatic rings. The molecule has 0 saturated heterocycles. The number of rotatable bonds is 5. The molecule has 0 aliphatic heterocycles. The maximum absolute atomic E-state index is 5.09. The van der Waals surface area contributed by atoms with Gasteiger partial charge in [0.2, 0.25) is 0 Å². The summed E-state index contributed by atoms with van der Waals surface area (Å²) in [6.07, 6.45) is 2.10. The fourth-order valence-electron chi connectivity index (χ4n) is 4.71. The molecule has 2 nitrogen and oxygen atoms in total. The van der Waals surface area contributed by atoms with Crippen LogP contribution < -0.4 is 0 Å². The molecule has 0 saturated carbocycles. The zero-order chi connectivity index (χ0) is 24.5. The van der Waals surface area contributed by atoms with Gasteiger partial charge in [-0.05, 0) is 44.9 Å². The zero-order valence-electron chi connectivity index (χ0n) is 22.7. The van der Waals surface area contributed by atoms with Crippen molar-refractivity contribution in [1.29, 1.82) is 0 Å². The Balaban J connectivity index is 2.35. The van der Waals surface area contributed by atoms with Gasteiger partial charge in [-0.25, -0.2) is 0 Å². The first-order valence-corrected chi connectivity index (χ1v) is 14.9. The van der Waals surface area contributed by atoms with Gasteiger partial charge >= 0.3 is 0 Å². The Labute approximate surface area is 200 Å². The molecule has 0 aliphatic carbocycles. The minimum Gasteiger partial charge on any atom is -0.251 e. The van der Waals surface area contributed by atoms with Gasteiger partial charge in [0.25, 0.3) is 0 Å². The van der Waals surface area contributed by atoms with Gasteiger partial charge in [0.15, 0.2) is 0 Å². The van der Waals surface area contributed by atoms with Crippen LogP contribution in [0, 0.1) is 0 Å². The Morgan fingerprint density at radius 1 is 0.500 bits per heavy atom. The van der Waals surface area contributed by atoms with Crippen molar-refractivity contribution >= 4 is 15.8 Å². The predicted molar refractivity (Wildman–Crippen MR) is 148 cm³/mol. The lowest BCUT2D eigenvalue weighted by Gasteiger charge is -2.41. The monoisotopic (exact) mass is 472 g/mol. The van der Waals surface area contributed by atoms with Gasteiger partial charge < -0.3 is 0 Å². The largest absolute Gasteiger partial charge is 0.251 e. The van der Waals surface area contributed by atoms with Gasteiger partial charge in [0, 0.05) is 23.7 Å². The van der Waals surface area contributed by atoms with Crippen LogP contribution in [0.15, 0.2) is 36.4 Å². The summed E-state index contributed by atoms with van der Waals surface area (Å²) in [5, 5.41) is 1.17. The Bertz CT molecular complexity index is 790. The van der Waals surface area contributed by atoms with Crippen LogP contribution in [0.1, 0.15) is 94.5 Å². The second kappa shape index (κ2) is 9.80. The first-order valence-electron chi connectivity index (χ1n) is 11.9. The summed E-state index contributed by atoms with van der Waals surface area (Å²) in [7, 11) is -0.450. The van der Waals surface area contributed by atoms with Crippen molar-refractivity contribution in [3.63, 3.8) is 0 Å². The van der Waals surface area contributed by atoms with Gasteiger partial charge in [0.1, 0.15) is 0 Å². The smallest absolute Gasteiger partial charge is 0.0889 e. The minimum atomic E-state index is -0.225. The van der Waals surface area contributed by atoms with Crippen molar-refractivity contribution in [2.24, 2.45) is 0 Å². The van der Waals surface area contributed by atoms with Crippen molar-refractivity contribution < 1.29 is 0 Å². The molecule has 32 heavy (non-hydrogen) atoms. The van der Waals surface area contributed by atoms with Gasteiger partial charge in [0.05, 0.1) is 11.4 Å². The molecule has 0 fully saturated rings. The maximum atomic E-state index is 5.09. The molecule has 0 aliphatic rings. The first-order chi connectivity index (χ1) is 14.4. The van der Waals surface area contributed by atoms with Crippen molar-refractivity contribution in [2.45, 2.75) is 116 Å². The molecule has 2 rings (SSSR count). The van der Waals surface area contributed by atoms with E-state index >= 15 is 0 Å². The van der Waals surface area contributed by atoms with Gasteiger partial charge in [-0.15, -0.1) is 0 Å². The molecule has 0 atom stereocenters. The summed E-state index contributed by atoms with van der Waals surface area (Å²) in [5.41, 5.74) is 4.38. The van der Waals surface area contributed by atoms with Crippen molar-refractivity contribution in [3.8, 4) is 11.4 Å². The van der Waals surface area contributed by atoms with Crippen LogP contribution in [0.5, 0.6) is 0 Å². The highest BCUT2D eigenvalue weighted by Gasteiger charge is 2.35. The molecule has 0 radical (unpaired) electrons. The molecular formula is C28H46N2P2. The average Bonchev–Trinajstić information content (AvgIpc) is 2.61. The second-order valence-corrected chi connectivity index (χ2v) is 20.6. The first kappa shape index (κ1) is 27.4. The minimum absolute atomic E-state index is 0.225. The lowest BCUT2D eigenvalue weighted by atomic mass is 10.2. The SMILES string of the molecule is CC(C)(C)P(Cc1cccc(-c2cccc(CP(C(C)(C)C)C(C)(C)C)n2)n1)C(C)(C)C. The molecular weight excluding hydrogens is 426 g/mol. The fourth-order valence-corrected chi connectivity index (χ4v) is 11.6. The van der Waals surface area contributed by atoms with Crippen LogP contribution in [0.2, 0.25) is 0 Å². The summed E-state index contributed by atoms with van der Waals surface area (Å²) in [4.78, 5) is 10.2. The van der Waals surface area contributed by atoms with Crippen molar-refractivity contribution in [1.82, 2.24) is 9.97 Å². The van der Waals surface area contributed by atoms with E-state index in [0.717, 1.165) is 23.7 Å². The Morgan fingerprint density at radius 2 is 0.781 bits per heavy atom. The van der Waals surface area contributed by atoms with E-state index in [1.165, 1.54) is 11.4 Å². The topological polar surface area (TPSA) is 25.8 Å². The maximum Gasteiger partial charge on any atom is 0.0889 e. The van der Waals surface area contributed by atoms with Crippen molar-refractivity contribution in [3.05, 3.63) is 47.8 Å². The average molecular weight is 473 g/mol. The van der Waals surface area contributed by atoms with E-state index in [2.05, 4.69) is 119 Å². The second-order valence-electron chi connectivity index (χ2n) is 12.9. The molecule has 178 valence electrons. The van der Waals surface area contributed by atoms with E-state index in [0.29, 0.717) is 20.6 Å². The van der Waals surface area contributed by atoms with Gasteiger partial charge in [-0.2, -0.15) is 0 Å². The molecule has 4 heteroatoms. The Hall–Kier alpha value is -0.840. The van der Waals surface area contributed by atoms with E-state index < -0.39 is 0 Å². The standard InChI is InChI=1S/C28H46N2P2/c1-25(2,3)31(26(4,5)6)19-21-15-13-17-23(29-21)24-18-14-16-22(30-24)20-32(27(7,8)9)28(10,11)12/h13-18H,19-20H2,1-12H3. The summed E-state index contributed by atoms with van der Waals surface area (Å²) < 4.78 is 0. The molecule has 0 N–H and O–H groups in total. The number of nitrogens with zero attached hydrogens (tertiary/aromatic N) is 2. The van der Waals surface area contributed by atoms with Crippen molar-refractivity contribution in [2.75, 3.05) is 0 Å². The van der Waals surface area contributed by atoms with E-state index in [4.69, 9.17) is 9.97 Å². The molecule has 0 aromatic carbocycles. The molecule has 0 spiro atoms. The van der Waals surface area contributed by atoms with Crippen LogP contribution in [-0.2, 0) is 12.3 Å². The van der Waals surface area contributed by atoms with E-state index in [-0.39, 0.29) is 15.8 Å². The predicted octanol–water partition coefficient (Wildman–Crippen LogP) is 9.30. The lowest BCUT2D eigenvalue weighted by Crippen LogP contribution is -2.26. The van der Waals surface area contributed by atoms with Crippen LogP contribution >= 0.6 is 15.8 Å². The summed E-state index contributed by atoms with van der Waals surface area (Å²) in [6.45, 7) is 28.5. The quantitative estimate of drug-likeness (QED) is 0.405. The van der Waals surface area contributed by atoms with Crippen LogP contribution in [0.3, 0.4) is 0 Å². The third kappa shape index (κ3) is 7.60. The number of hydrogen-bond donors (Lipinski definition) is 0. The van der Waals surface area contributed by atoms with Gasteiger partial charge in [-0.3, -0.25) is 9.97 Å². The highest BCUT2D eigenvalue weighted by atomic mass is 31.1. The van der Waals surface area contributed by atoms with E-state index in [1.807, 2.05) is 0 Å². The number of pyridine rings is 2. The third-order valence-corrected chi connectivity index (χ3v) is 13.5. The summed E-state index contributed by atoms with van der Waals surface area (Å²) >= 11 is 0. The van der Waals surface area contributed by atoms with Crippen LogP contribution in [-0.4, -0.2) is 30.6 Å². The lowest BCUT2D eigenvalue weighted by molar-refractivity contribution is 0.701. The third-order valence-electron chi connectivity index (χ3n) is 5.76. The zero-order valence-corrected chi connectivity index (χ0v) is 24.5. The summed E-state index contributed by atoms with van der Waals surface area (Å²) in [6, 6.07) is 12.9. The number of hydrogen-bond acceptors (Lipinski definition) is 2. The fraction of sp³-hybridized carbons (Fsp3) is 0.643. The molecule has 2 heterocycles. The Kier molecular flexibility index (Phi) is 8.39. The molecule has 0 bridgehead atoms. The highest BCUT2D eigenvalue weighted by molar-refractivity contribution is 7.60. The molecule has 0 amide bonds. The normalized spacial score (nSPS) is 13.8. The summed E-state index contributed by atoms with van der Waals surface area (Å²) in [5.74, 6) is 0.